The van der Waals surface area contributed by atoms with E-state index in [2.05, 4.69) is 47.4 Å². The Labute approximate surface area is 123 Å². The third-order valence-corrected chi connectivity index (χ3v) is 5.41. The molecule has 2 heterocycles. The predicted molar refractivity (Wildman–Crippen MR) is 73.4 cm³/mol. The normalized spacial score (nSPS) is 10.8. The van der Waals surface area contributed by atoms with E-state index in [1.165, 1.54) is 11.3 Å². The zero-order valence-electron chi connectivity index (χ0n) is 9.01. The first-order chi connectivity index (χ1) is 8.58. The van der Waals surface area contributed by atoms with E-state index in [0.29, 0.717) is 18.8 Å². The monoisotopic (exact) mass is 394 g/mol. The molecule has 0 aliphatic carbocycles. The fraction of sp³-hybridized carbons (Fsp3) is 0.333. The largest absolute Gasteiger partial charge is 0.481 e. The van der Waals surface area contributed by atoms with Crippen LogP contribution in [0.3, 0.4) is 0 Å². The summed E-state index contributed by atoms with van der Waals surface area (Å²) in [4.78, 5) is 11.4. The maximum Gasteiger partial charge on any atom is 0.303 e. The molecule has 0 aliphatic heterocycles. The van der Waals surface area contributed by atoms with Crippen LogP contribution in [0.25, 0.3) is 10.7 Å². The Morgan fingerprint density at radius 2 is 2.28 bits per heavy atom. The van der Waals surface area contributed by atoms with Gasteiger partial charge in [-0.1, -0.05) is 0 Å². The number of carboxylic acid groups (broad SMARTS) is 1. The first-order valence-electron chi connectivity index (χ1n) is 5.01. The summed E-state index contributed by atoms with van der Waals surface area (Å²) >= 11 is 8.34. The maximum absolute atomic E-state index is 10.5. The Kier molecular flexibility index (Phi) is 4.46. The number of thiophene rings is 1. The molecule has 0 fully saturated rings. The van der Waals surface area contributed by atoms with Gasteiger partial charge in [0.1, 0.15) is 0 Å². The molecule has 0 saturated carbocycles. The lowest BCUT2D eigenvalue weighted by molar-refractivity contribution is -0.137. The average Bonchev–Trinajstić information content (AvgIpc) is 2.86. The number of rotatable bonds is 5. The average molecular weight is 396 g/mol. The number of hydrogen-bond donors (Lipinski definition) is 1. The highest BCUT2D eigenvalue weighted by atomic mass is 79.9. The fourth-order valence-electron chi connectivity index (χ4n) is 1.37. The number of carboxylic acids is 1. The maximum atomic E-state index is 10.5. The summed E-state index contributed by atoms with van der Waals surface area (Å²) in [6.07, 6.45) is 0.609. The summed E-state index contributed by atoms with van der Waals surface area (Å²) < 4.78 is 3.54. The molecule has 2 aromatic rings. The third kappa shape index (κ3) is 3.15. The Morgan fingerprint density at radius 3 is 2.89 bits per heavy atom. The van der Waals surface area contributed by atoms with Crippen LogP contribution in [0.5, 0.6) is 0 Å². The van der Waals surface area contributed by atoms with E-state index in [0.717, 1.165) is 13.1 Å². The van der Waals surface area contributed by atoms with Crippen molar-refractivity contribution in [1.82, 2.24) is 20.2 Å². The second-order valence-corrected chi connectivity index (χ2v) is 6.68. The van der Waals surface area contributed by atoms with Gasteiger partial charge in [-0.25, -0.2) is 4.68 Å². The number of tetrazole rings is 1. The highest BCUT2D eigenvalue weighted by molar-refractivity contribution is 9.13. The third-order valence-electron chi connectivity index (χ3n) is 2.16. The Bertz CT molecular complexity index is 549. The van der Waals surface area contributed by atoms with Crippen LogP contribution >= 0.6 is 43.2 Å². The van der Waals surface area contributed by atoms with Crippen LogP contribution in [-0.4, -0.2) is 31.3 Å². The fourth-order valence-corrected chi connectivity index (χ4v) is 3.39. The molecule has 0 unspecified atom stereocenters. The minimum Gasteiger partial charge on any atom is -0.481 e. The number of aromatic nitrogens is 4. The van der Waals surface area contributed by atoms with E-state index in [1.54, 1.807) is 4.68 Å². The van der Waals surface area contributed by atoms with Crippen molar-refractivity contribution in [3.8, 4) is 10.7 Å². The minimum absolute atomic E-state index is 0.108. The number of nitrogens with zero attached hydrogens (tertiary/aromatic N) is 4. The molecule has 0 aromatic carbocycles. The van der Waals surface area contributed by atoms with Gasteiger partial charge in [0.2, 0.25) is 0 Å². The molecule has 96 valence electrons. The summed E-state index contributed by atoms with van der Waals surface area (Å²) in [5, 5.41) is 20.1. The molecule has 0 saturated heterocycles. The summed E-state index contributed by atoms with van der Waals surface area (Å²) in [5.41, 5.74) is 0. The molecule has 2 rings (SSSR count). The van der Waals surface area contributed by atoms with Crippen LogP contribution in [0, 0.1) is 0 Å². The van der Waals surface area contributed by atoms with Gasteiger partial charge < -0.3 is 5.11 Å². The molecular formula is C9H8Br2N4O2S. The predicted octanol–water partition coefficient (Wildman–Crippen LogP) is 2.79. The number of carbonyl (C=O) groups is 1. The molecule has 9 heteroatoms. The van der Waals surface area contributed by atoms with Crippen LogP contribution < -0.4 is 0 Å². The molecular weight excluding hydrogens is 388 g/mol. The molecule has 2 aromatic heterocycles. The molecule has 0 atom stereocenters. The topological polar surface area (TPSA) is 80.9 Å². The molecule has 18 heavy (non-hydrogen) atoms. The van der Waals surface area contributed by atoms with Gasteiger partial charge in [0, 0.05) is 17.4 Å². The highest BCUT2D eigenvalue weighted by Crippen LogP contribution is 2.37. The van der Waals surface area contributed by atoms with Crippen LogP contribution in [-0.2, 0) is 11.3 Å². The van der Waals surface area contributed by atoms with Crippen LogP contribution in [0.15, 0.2) is 14.3 Å². The van der Waals surface area contributed by atoms with Gasteiger partial charge in [0.05, 0.1) is 8.66 Å². The molecule has 0 aliphatic rings. The highest BCUT2D eigenvalue weighted by Gasteiger charge is 2.13. The molecule has 0 spiro atoms. The van der Waals surface area contributed by atoms with Gasteiger partial charge >= 0.3 is 5.97 Å². The van der Waals surface area contributed by atoms with Crippen molar-refractivity contribution >= 4 is 49.2 Å². The van der Waals surface area contributed by atoms with Gasteiger partial charge in [-0.05, 0) is 54.8 Å². The van der Waals surface area contributed by atoms with Crippen molar-refractivity contribution in [2.75, 3.05) is 0 Å². The van der Waals surface area contributed by atoms with E-state index in [4.69, 9.17) is 5.11 Å². The van der Waals surface area contributed by atoms with Crippen molar-refractivity contribution in [2.24, 2.45) is 0 Å². The van der Waals surface area contributed by atoms with Crippen LogP contribution in [0.4, 0.5) is 0 Å². The SMILES string of the molecule is O=C(O)CCCn1nnnc1-c1cc(Br)c(Br)s1. The summed E-state index contributed by atoms with van der Waals surface area (Å²) in [7, 11) is 0. The van der Waals surface area contributed by atoms with Crippen molar-refractivity contribution < 1.29 is 9.90 Å². The number of hydrogen-bond acceptors (Lipinski definition) is 5. The lowest BCUT2D eigenvalue weighted by Gasteiger charge is -2.00. The minimum atomic E-state index is -0.814. The molecule has 0 radical (unpaired) electrons. The van der Waals surface area contributed by atoms with Crippen molar-refractivity contribution in [3.05, 3.63) is 14.3 Å². The number of aliphatic carboxylic acids is 1. The second-order valence-electron chi connectivity index (χ2n) is 3.46. The van der Waals surface area contributed by atoms with Crippen molar-refractivity contribution in [3.63, 3.8) is 0 Å². The number of halogens is 2. The zero-order chi connectivity index (χ0) is 13.1. The molecule has 6 nitrogen and oxygen atoms in total. The Hall–Kier alpha value is -0.800. The summed E-state index contributed by atoms with van der Waals surface area (Å²) in [6.45, 7) is 0.488. The zero-order valence-corrected chi connectivity index (χ0v) is 13.0. The first kappa shape index (κ1) is 13.6. The van der Waals surface area contributed by atoms with Crippen molar-refractivity contribution in [1.29, 1.82) is 0 Å². The van der Waals surface area contributed by atoms with E-state index in [9.17, 15) is 4.79 Å². The van der Waals surface area contributed by atoms with E-state index in [1.807, 2.05) is 6.07 Å². The van der Waals surface area contributed by atoms with Gasteiger partial charge in [0.25, 0.3) is 0 Å². The second kappa shape index (κ2) is 5.89. The summed E-state index contributed by atoms with van der Waals surface area (Å²) in [6, 6.07) is 1.92. The lowest BCUT2D eigenvalue weighted by Crippen LogP contribution is -2.05. The molecule has 0 bridgehead atoms. The van der Waals surface area contributed by atoms with E-state index in [-0.39, 0.29) is 6.42 Å². The quantitative estimate of drug-likeness (QED) is 0.841. The smallest absolute Gasteiger partial charge is 0.303 e. The van der Waals surface area contributed by atoms with E-state index < -0.39 is 5.97 Å². The molecule has 1 N–H and O–H groups in total. The van der Waals surface area contributed by atoms with Gasteiger partial charge in [-0.2, -0.15) is 0 Å². The molecule has 0 amide bonds. The van der Waals surface area contributed by atoms with Crippen LogP contribution in [0.2, 0.25) is 0 Å². The number of aryl methyl sites for hydroxylation is 1. The lowest BCUT2D eigenvalue weighted by atomic mass is 10.3. The van der Waals surface area contributed by atoms with Gasteiger partial charge in [-0.15, -0.1) is 16.4 Å². The standard InChI is InChI=1S/C9H8Br2N4O2S/c10-5-4-6(18-8(5)11)9-12-13-14-15(9)3-1-2-7(16)17/h4H,1-3H2,(H,16,17). The van der Waals surface area contributed by atoms with E-state index >= 15 is 0 Å². The Balaban J connectivity index is 2.14. The Morgan fingerprint density at radius 1 is 1.50 bits per heavy atom. The summed E-state index contributed by atoms with van der Waals surface area (Å²) in [5.74, 6) is -0.164. The van der Waals surface area contributed by atoms with Gasteiger partial charge in [-0.3, -0.25) is 4.79 Å². The van der Waals surface area contributed by atoms with Crippen molar-refractivity contribution in [2.45, 2.75) is 19.4 Å². The first-order valence-corrected chi connectivity index (χ1v) is 7.41. The van der Waals surface area contributed by atoms with Crippen LogP contribution in [0.1, 0.15) is 12.8 Å². The van der Waals surface area contributed by atoms with Gasteiger partial charge in [0.15, 0.2) is 5.82 Å².